The standard InChI is InChI=1S/C30H44O4S/c1-5-30(32)16-15-28(3)21(17-30)11-12-23-25-14-13-24(29(25,4)18-26(31)27(23)28)20(2)19-35(33,34)22-9-7-6-8-10-22/h6-11,20,23-27,31-32H,5,12-19H2,1-4H3/t20-,23+,24-,25+,26+,27-,28+,29-,30+/m1/s1. The van der Waals surface area contributed by atoms with Gasteiger partial charge in [0.05, 0.1) is 22.4 Å². The van der Waals surface area contributed by atoms with Crippen LogP contribution >= 0.6 is 0 Å². The van der Waals surface area contributed by atoms with E-state index in [1.165, 1.54) is 5.57 Å². The highest BCUT2D eigenvalue weighted by atomic mass is 32.2. The van der Waals surface area contributed by atoms with Crippen LogP contribution in [-0.2, 0) is 9.84 Å². The fourth-order valence-electron chi connectivity index (χ4n) is 9.31. The minimum atomic E-state index is -3.33. The van der Waals surface area contributed by atoms with Crippen LogP contribution in [0.4, 0.5) is 0 Å². The molecule has 3 fully saturated rings. The Kier molecular flexibility index (Phi) is 6.33. The molecule has 0 aliphatic heterocycles. The van der Waals surface area contributed by atoms with Crippen molar-refractivity contribution in [1.29, 1.82) is 0 Å². The van der Waals surface area contributed by atoms with Gasteiger partial charge in [-0.05, 0) is 104 Å². The number of hydrogen-bond acceptors (Lipinski definition) is 4. The lowest BCUT2D eigenvalue weighted by molar-refractivity contribution is -0.135. The second kappa shape index (κ2) is 8.70. The van der Waals surface area contributed by atoms with Crippen LogP contribution < -0.4 is 0 Å². The first kappa shape index (κ1) is 25.5. The number of hydrogen-bond donors (Lipinski definition) is 2. The van der Waals surface area contributed by atoms with E-state index in [9.17, 15) is 18.6 Å². The molecule has 2 N–H and O–H groups in total. The zero-order valence-electron chi connectivity index (χ0n) is 21.9. The van der Waals surface area contributed by atoms with E-state index >= 15 is 0 Å². The third-order valence-corrected chi connectivity index (χ3v) is 13.1. The van der Waals surface area contributed by atoms with Gasteiger partial charge >= 0.3 is 0 Å². The SMILES string of the molecule is CC[C@]1(O)CC[C@@]2(C)C(=CC[C@@H]3[C@@H]2[C@@H](O)C[C@]2(C)[C@@H]([C@H](C)CS(=O)(=O)c4ccccc4)CC[C@@H]32)C1. The van der Waals surface area contributed by atoms with Gasteiger partial charge in [0.15, 0.2) is 9.84 Å². The number of aliphatic hydroxyl groups excluding tert-OH is 1. The molecule has 0 amide bonds. The number of fused-ring (bicyclic) bond motifs is 5. The first-order valence-corrected chi connectivity index (χ1v) is 15.5. The molecule has 1 aromatic carbocycles. The number of allylic oxidation sites excluding steroid dienone is 1. The molecule has 4 aliphatic carbocycles. The first-order valence-electron chi connectivity index (χ1n) is 13.8. The molecule has 4 aliphatic rings. The van der Waals surface area contributed by atoms with Crippen LogP contribution in [0.5, 0.6) is 0 Å². The van der Waals surface area contributed by atoms with Crippen molar-refractivity contribution in [3.8, 4) is 0 Å². The minimum absolute atomic E-state index is 0.0350. The summed E-state index contributed by atoms with van der Waals surface area (Å²) in [6, 6.07) is 8.84. The molecule has 0 saturated heterocycles. The molecule has 35 heavy (non-hydrogen) atoms. The van der Waals surface area contributed by atoms with Crippen molar-refractivity contribution in [2.75, 3.05) is 5.75 Å². The van der Waals surface area contributed by atoms with Crippen molar-refractivity contribution in [2.45, 2.75) is 95.7 Å². The van der Waals surface area contributed by atoms with Gasteiger partial charge in [-0.15, -0.1) is 0 Å². The van der Waals surface area contributed by atoms with E-state index in [0.29, 0.717) is 22.6 Å². The number of benzene rings is 1. The largest absolute Gasteiger partial charge is 0.393 e. The van der Waals surface area contributed by atoms with Gasteiger partial charge in [-0.2, -0.15) is 0 Å². The Morgan fingerprint density at radius 2 is 1.83 bits per heavy atom. The molecule has 194 valence electrons. The Labute approximate surface area is 212 Å². The normalized spacial score (nSPS) is 44.1. The van der Waals surface area contributed by atoms with Crippen molar-refractivity contribution in [3.05, 3.63) is 42.0 Å². The molecule has 0 unspecified atom stereocenters. The summed E-state index contributed by atoms with van der Waals surface area (Å²) in [6.45, 7) is 8.88. The maximum Gasteiger partial charge on any atom is 0.178 e. The second-order valence-corrected chi connectivity index (χ2v) is 15.0. The van der Waals surface area contributed by atoms with Gasteiger partial charge in [0, 0.05) is 0 Å². The molecular weight excluding hydrogens is 456 g/mol. The van der Waals surface area contributed by atoms with E-state index in [4.69, 9.17) is 0 Å². The Morgan fingerprint density at radius 3 is 2.51 bits per heavy atom. The third kappa shape index (κ3) is 4.05. The van der Waals surface area contributed by atoms with Gasteiger partial charge in [-0.25, -0.2) is 8.42 Å². The van der Waals surface area contributed by atoms with Gasteiger partial charge in [0.2, 0.25) is 0 Å². The smallest absolute Gasteiger partial charge is 0.178 e. The molecule has 3 saturated carbocycles. The molecule has 0 spiro atoms. The molecule has 0 bridgehead atoms. The molecule has 0 radical (unpaired) electrons. The lowest BCUT2D eigenvalue weighted by atomic mass is 9.45. The van der Waals surface area contributed by atoms with E-state index in [1.54, 1.807) is 24.3 Å². The van der Waals surface area contributed by atoms with Gasteiger partial charge < -0.3 is 10.2 Å². The quantitative estimate of drug-likeness (QED) is 0.502. The molecule has 1 aromatic rings. The number of aliphatic hydroxyl groups is 2. The maximum absolute atomic E-state index is 13.2. The molecule has 0 heterocycles. The van der Waals surface area contributed by atoms with Gasteiger partial charge in [0.1, 0.15) is 0 Å². The Morgan fingerprint density at radius 1 is 1.11 bits per heavy atom. The fraction of sp³-hybridized carbons (Fsp3) is 0.733. The Balaban J connectivity index is 1.39. The highest BCUT2D eigenvalue weighted by Crippen LogP contribution is 2.67. The third-order valence-electron chi connectivity index (χ3n) is 11.2. The summed E-state index contributed by atoms with van der Waals surface area (Å²) in [5.41, 5.74) is 0.705. The monoisotopic (exact) mass is 500 g/mol. The van der Waals surface area contributed by atoms with E-state index in [2.05, 4.69) is 33.8 Å². The van der Waals surface area contributed by atoms with E-state index < -0.39 is 15.4 Å². The van der Waals surface area contributed by atoms with Crippen molar-refractivity contribution in [1.82, 2.24) is 0 Å². The van der Waals surface area contributed by atoms with E-state index in [0.717, 1.165) is 51.4 Å². The highest BCUT2D eigenvalue weighted by Gasteiger charge is 2.62. The summed E-state index contributed by atoms with van der Waals surface area (Å²) in [5, 5.41) is 22.7. The van der Waals surface area contributed by atoms with Crippen LogP contribution in [-0.4, -0.2) is 36.1 Å². The highest BCUT2D eigenvalue weighted by molar-refractivity contribution is 7.91. The van der Waals surface area contributed by atoms with Crippen molar-refractivity contribution < 1.29 is 18.6 Å². The van der Waals surface area contributed by atoms with E-state index in [-0.39, 0.29) is 34.5 Å². The molecule has 5 heteroatoms. The maximum atomic E-state index is 13.2. The van der Waals surface area contributed by atoms with Gasteiger partial charge in [-0.1, -0.05) is 57.5 Å². The van der Waals surface area contributed by atoms with Crippen LogP contribution in [0.2, 0.25) is 0 Å². The lowest BCUT2D eigenvalue weighted by Crippen LogP contribution is -2.57. The lowest BCUT2D eigenvalue weighted by Gasteiger charge is -2.61. The number of sulfone groups is 1. The molecule has 9 atom stereocenters. The zero-order chi connectivity index (χ0) is 25.2. The van der Waals surface area contributed by atoms with Crippen LogP contribution in [0.25, 0.3) is 0 Å². The predicted octanol–water partition coefficient (Wildman–Crippen LogP) is 5.79. The predicted molar refractivity (Wildman–Crippen MR) is 139 cm³/mol. The van der Waals surface area contributed by atoms with Gasteiger partial charge in [-0.3, -0.25) is 0 Å². The van der Waals surface area contributed by atoms with Crippen LogP contribution in [0, 0.1) is 40.4 Å². The average Bonchev–Trinajstić information content (AvgIpc) is 3.16. The van der Waals surface area contributed by atoms with Crippen molar-refractivity contribution in [2.24, 2.45) is 40.4 Å². The average molecular weight is 501 g/mol. The van der Waals surface area contributed by atoms with Crippen LogP contribution in [0.1, 0.15) is 79.1 Å². The van der Waals surface area contributed by atoms with Crippen LogP contribution in [0.3, 0.4) is 0 Å². The van der Waals surface area contributed by atoms with E-state index in [1.807, 2.05) is 6.07 Å². The summed E-state index contributed by atoms with van der Waals surface area (Å²) >= 11 is 0. The summed E-state index contributed by atoms with van der Waals surface area (Å²) in [5.74, 6) is 1.72. The first-order chi connectivity index (χ1) is 16.4. The Hall–Kier alpha value is -1.17. The number of rotatable bonds is 5. The zero-order valence-corrected chi connectivity index (χ0v) is 22.7. The molecule has 0 aromatic heterocycles. The second-order valence-electron chi connectivity index (χ2n) is 13.0. The molecule has 4 nitrogen and oxygen atoms in total. The topological polar surface area (TPSA) is 74.6 Å². The summed E-state index contributed by atoms with van der Waals surface area (Å²) in [6.07, 6.45) is 9.24. The van der Waals surface area contributed by atoms with Crippen LogP contribution in [0.15, 0.2) is 46.9 Å². The fourth-order valence-corrected chi connectivity index (χ4v) is 11.0. The summed E-state index contributed by atoms with van der Waals surface area (Å²) < 4.78 is 26.3. The molecule has 5 rings (SSSR count). The summed E-state index contributed by atoms with van der Waals surface area (Å²) in [7, 11) is -3.33. The van der Waals surface area contributed by atoms with Crippen molar-refractivity contribution in [3.63, 3.8) is 0 Å². The minimum Gasteiger partial charge on any atom is -0.393 e. The van der Waals surface area contributed by atoms with Gasteiger partial charge in [0.25, 0.3) is 0 Å². The van der Waals surface area contributed by atoms with Crippen molar-refractivity contribution >= 4 is 9.84 Å². The summed E-state index contributed by atoms with van der Waals surface area (Å²) in [4.78, 5) is 0.414. The molecular formula is C30H44O4S. The Bertz CT molecular complexity index is 1080.